The highest BCUT2D eigenvalue weighted by atomic mass is 16.5. The SMILES string of the molecule is CC(C)C[C@@H](N)C(=O)OCC1CC1. The first kappa shape index (κ1) is 10.5. The molecule has 0 saturated heterocycles. The van der Waals surface area contributed by atoms with Gasteiger partial charge in [0.25, 0.3) is 0 Å². The predicted octanol–water partition coefficient (Wildman–Crippen LogP) is 1.31. The van der Waals surface area contributed by atoms with Gasteiger partial charge in [-0.3, -0.25) is 4.79 Å². The van der Waals surface area contributed by atoms with Crippen LogP contribution in [-0.4, -0.2) is 18.6 Å². The van der Waals surface area contributed by atoms with Gasteiger partial charge >= 0.3 is 5.97 Å². The van der Waals surface area contributed by atoms with Crippen LogP contribution < -0.4 is 5.73 Å². The van der Waals surface area contributed by atoms with Gasteiger partial charge in [0.15, 0.2) is 0 Å². The maximum absolute atomic E-state index is 11.3. The van der Waals surface area contributed by atoms with Gasteiger partial charge in [-0.1, -0.05) is 13.8 Å². The van der Waals surface area contributed by atoms with Crippen LogP contribution in [0.15, 0.2) is 0 Å². The van der Waals surface area contributed by atoms with Crippen LogP contribution in [0.4, 0.5) is 0 Å². The molecule has 0 aromatic rings. The second kappa shape index (κ2) is 4.61. The Morgan fingerprint density at radius 2 is 2.15 bits per heavy atom. The molecule has 0 radical (unpaired) electrons. The van der Waals surface area contributed by atoms with E-state index in [0.717, 1.165) is 0 Å². The van der Waals surface area contributed by atoms with E-state index in [0.29, 0.717) is 24.9 Å². The second-order valence-electron chi connectivity index (χ2n) is 4.31. The summed E-state index contributed by atoms with van der Waals surface area (Å²) in [5.41, 5.74) is 5.65. The van der Waals surface area contributed by atoms with Gasteiger partial charge < -0.3 is 10.5 Å². The molecule has 0 heterocycles. The Labute approximate surface area is 79.6 Å². The molecule has 3 nitrogen and oxygen atoms in total. The summed E-state index contributed by atoms with van der Waals surface area (Å²) in [6.45, 7) is 4.67. The van der Waals surface area contributed by atoms with Crippen LogP contribution >= 0.6 is 0 Å². The van der Waals surface area contributed by atoms with Crippen molar-refractivity contribution in [2.75, 3.05) is 6.61 Å². The van der Waals surface area contributed by atoms with Gasteiger partial charge in [0, 0.05) is 0 Å². The minimum atomic E-state index is -0.432. The molecule has 13 heavy (non-hydrogen) atoms. The third-order valence-corrected chi connectivity index (χ3v) is 2.19. The van der Waals surface area contributed by atoms with Crippen molar-refractivity contribution in [1.82, 2.24) is 0 Å². The number of ether oxygens (including phenoxy) is 1. The van der Waals surface area contributed by atoms with Gasteiger partial charge in [0.1, 0.15) is 6.04 Å². The summed E-state index contributed by atoms with van der Waals surface area (Å²) < 4.78 is 5.06. The minimum absolute atomic E-state index is 0.236. The van der Waals surface area contributed by atoms with Crippen LogP contribution in [0.5, 0.6) is 0 Å². The molecule has 0 bridgehead atoms. The molecule has 1 rings (SSSR count). The lowest BCUT2D eigenvalue weighted by Gasteiger charge is -2.12. The molecule has 1 aliphatic rings. The van der Waals surface area contributed by atoms with E-state index in [4.69, 9.17) is 10.5 Å². The summed E-state index contributed by atoms with van der Waals surface area (Å²) in [5, 5.41) is 0. The molecule has 0 aliphatic heterocycles. The zero-order valence-electron chi connectivity index (χ0n) is 8.45. The number of esters is 1. The van der Waals surface area contributed by atoms with E-state index >= 15 is 0 Å². The smallest absolute Gasteiger partial charge is 0.322 e. The summed E-state index contributed by atoms with van der Waals surface area (Å²) in [5.74, 6) is 0.833. The first-order valence-corrected chi connectivity index (χ1v) is 5.01. The quantitative estimate of drug-likeness (QED) is 0.657. The monoisotopic (exact) mass is 185 g/mol. The van der Waals surface area contributed by atoms with Crippen LogP contribution in [0.3, 0.4) is 0 Å². The van der Waals surface area contributed by atoms with E-state index in [1.54, 1.807) is 0 Å². The molecule has 76 valence electrons. The van der Waals surface area contributed by atoms with Crippen molar-refractivity contribution in [2.24, 2.45) is 17.6 Å². The van der Waals surface area contributed by atoms with Gasteiger partial charge in [-0.15, -0.1) is 0 Å². The average molecular weight is 185 g/mol. The Morgan fingerprint density at radius 1 is 1.54 bits per heavy atom. The van der Waals surface area contributed by atoms with Crippen LogP contribution in [0, 0.1) is 11.8 Å². The molecular weight excluding hydrogens is 166 g/mol. The van der Waals surface area contributed by atoms with Gasteiger partial charge in [0.2, 0.25) is 0 Å². The minimum Gasteiger partial charge on any atom is -0.464 e. The Bertz CT molecular complexity index is 176. The zero-order chi connectivity index (χ0) is 9.84. The second-order valence-corrected chi connectivity index (χ2v) is 4.31. The Balaban J connectivity index is 2.12. The molecule has 0 aromatic heterocycles. The van der Waals surface area contributed by atoms with Crippen molar-refractivity contribution in [1.29, 1.82) is 0 Å². The number of carbonyl (C=O) groups excluding carboxylic acids is 1. The molecule has 1 saturated carbocycles. The number of nitrogens with two attached hydrogens (primary N) is 1. The maximum Gasteiger partial charge on any atom is 0.322 e. The summed E-state index contributed by atoms with van der Waals surface area (Å²) in [6, 6.07) is -0.432. The molecule has 1 fully saturated rings. The highest BCUT2D eigenvalue weighted by Crippen LogP contribution is 2.28. The Morgan fingerprint density at radius 3 is 2.62 bits per heavy atom. The molecule has 2 N–H and O–H groups in total. The van der Waals surface area contributed by atoms with Crippen LogP contribution in [0.25, 0.3) is 0 Å². The largest absolute Gasteiger partial charge is 0.464 e. The lowest BCUT2D eigenvalue weighted by molar-refractivity contribution is -0.146. The molecule has 0 spiro atoms. The van der Waals surface area contributed by atoms with Crippen molar-refractivity contribution in [3.8, 4) is 0 Å². The first-order chi connectivity index (χ1) is 6.09. The van der Waals surface area contributed by atoms with Gasteiger partial charge in [0.05, 0.1) is 6.61 Å². The molecule has 1 atom stereocenters. The van der Waals surface area contributed by atoms with E-state index in [2.05, 4.69) is 0 Å². The van der Waals surface area contributed by atoms with E-state index in [1.807, 2.05) is 13.8 Å². The molecular formula is C10H19NO2. The highest BCUT2D eigenvalue weighted by molar-refractivity contribution is 5.75. The van der Waals surface area contributed by atoms with Crippen LogP contribution in [-0.2, 0) is 9.53 Å². The van der Waals surface area contributed by atoms with Crippen LogP contribution in [0.2, 0.25) is 0 Å². The molecule has 0 aromatic carbocycles. The number of hydrogen-bond acceptors (Lipinski definition) is 3. The molecule has 1 aliphatic carbocycles. The maximum atomic E-state index is 11.3. The topological polar surface area (TPSA) is 52.3 Å². The molecule has 0 amide bonds. The van der Waals surface area contributed by atoms with Gasteiger partial charge in [-0.2, -0.15) is 0 Å². The lowest BCUT2D eigenvalue weighted by atomic mass is 10.1. The third kappa shape index (κ3) is 4.27. The van der Waals surface area contributed by atoms with Gasteiger partial charge in [-0.25, -0.2) is 0 Å². The summed E-state index contributed by atoms with van der Waals surface area (Å²) in [6.07, 6.45) is 3.11. The summed E-state index contributed by atoms with van der Waals surface area (Å²) in [4.78, 5) is 11.3. The number of rotatable bonds is 5. The van der Waals surface area contributed by atoms with E-state index in [9.17, 15) is 4.79 Å². The fraction of sp³-hybridized carbons (Fsp3) is 0.900. The van der Waals surface area contributed by atoms with Crippen molar-refractivity contribution >= 4 is 5.97 Å². The van der Waals surface area contributed by atoms with E-state index < -0.39 is 6.04 Å². The van der Waals surface area contributed by atoms with Crippen molar-refractivity contribution < 1.29 is 9.53 Å². The first-order valence-electron chi connectivity index (χ1n) is 5.01. The van der Waals surface area contributed by atoms with Crippen LogP contribution in [0.1, 0.15) is 33.1 Å². The number of hydrogen-bond donors (Lipinski definition) is 1. The average Bonchev–Trinajstić information content (AvgIpc) is 2.81. The highest BCUT2D eigenvalue weighted by Gasteiger charge is 2.24. The fourth-order valence-corrected chi connectivity index (χ4v) is 1.20. The number of carbonyl (C=O) groups is 1. The zero-order valence-corrected chi connectivity index (χ0v) is 8.45. The Kier molecular flexibility index (Phi) is 3.72. The standard InChI is InChI=1S/C10H19NO2/c1-7(2)5-9(11)10(12)13-6-8-3-4-8/h7-9H,3-6,11H2,1-2H3/t9-/m1/s1. The van der Waals surface area contributed by atoms with Crippen molar-refractivity contribution in [3.63, 3.8) is 0 Å². The van der Waals surface area contributed by atoms with Crippen molar-refractivity contribution in [2.45, 2.75) is 39.2 Å². The fourth-order valence-electron chi connectivity index (χ4n) is 1.20. The predicted molar refractivity (Wildman–Crippen MR) is 51.1 cm³/mol. The third-order valence-electron chi connectivity index (χ3n) is 2.19. The molecule has 0 unspecified atom stereocenters. The summed E-state index contributed by atoms with van der Waals surface area (Å²) >= 11 is 0. The van der Waals surface area contributed by atoms with E-state index in [-0.39, 0.29) is 5.97 Å². The van der Waals surface area contributed by atoms with Crippen molar-refractivity contribution in [3.05, 3.63) is 0 Å². The van der Waals surface area contributed by atoms with E-state index in [1.165, 1.54) is 12.8 Å². The lowest BCUT2D eigenvalue weighted by Crippen LogP contribution is -2.33. The normalized spacial score (nSPS) is 18.8. The summed E-state index contributed by atoms with van der Waals surface area (Å²) in [7, 11) is 0. The molecule has 3 heteroatoms. The van der Waals surface area contributed by atoms with Gasteiger partial charge in [-0.05, 0) is 31.1 Å². The Hall–Kier alpha value is -0.570.